The van der Waals surface area contributed by atoms with E-state index in [1.807, 2.05) is 12.1 Å². The minimum atomic E-state index is -0.572. The lowest BCUT2D eigenvalue weighted by atomic mass is 10.1. The van der Waals surface area contributed by atoms with E-state index < -0.39 is 4.92 Å². The average Bonchev–Trinajstić information content (AvgIpc) is 2.67. The molecule has 0 fully saturated rings. The van der Waals surface area contributed by atoms with E-state index in [0.717, 1.165) is 4.90 Å². The summed E-state index contributed by atoms with van der Waals surface area (Å²) in [7, 11) is 2.74. The Labute approximate surface area is 164 Å². The number of hydrazone groups is 1. The van der Waals surface area contributed by atoms with Gasteiger partial charge in [0.2, 0.25) is 11.7 Å². The van der Waals surface area contributed by atoms with Crippen molar-refractivity contribution in [3.63, 3.8) is 0 Å². The van der Waals surface area contributed by atoms with Gasteiger partial charge >= 0.3 is 5.69 Å². The second kappa shape index (κ2) is 9.79. The quantitative estimate of drug-likeness (QED) is 0.310. The average molecular weight is 410 g/mol. The van der Waals surface area contributed by atoms with Crippen LogP contribution in [0.3, 0.4) is 0 Å². The van der Waals surface area contributed by atoms with E-state index in [-0.39, 0.29) is 23.1 Å². The van der Waals surface area contributed by atoms with E-state index in [4.69, 9.17) is 21.1 Å². The van der Waals surface area contributed by atoms with Crippen LogP contribution in [0.5, 0.6) is 11.5 Å². The van der Waals surface area contributed by atoms with Crippen LogP contribution in [0.4, 0.5) is 5.69 Å². The van der Waals surface area contributed by atoms with Crippen LogP contribution in [0.1, 0.15) is 5.56 Å². The molecular formula is C17H16ClN3O5S. The molecule has 2 rings (SSSR count). The van der Waals surface area contributed by atoms with Gasteiger partial charge in [-0.15, -0.1) is 11.8 Å². The van der Waals surface area contributed by atoms with Gasteiger partial charge in [-0.1, -0.05) is 11.6 Å². The molecule has 0 aliphatic rings. The number of nitrogens with one attached hydrogen (secondary N) is 1. The fourth-order valence-corrected chi connectivity index (χ4v) is 2.85. The number of halogens is 1. The standard InChI is InChI=1S/C17H16ClN3O5S/c1-25-15-8-16(26-2)14(21(23)24)7-11(15)9-19-20-17(22)10-27-13-5-3-12(18)4-6-13/h3-9H,10H2,1-2H3,(H,20,22)/b19-9-. The lowest BCUT2D eigenvalue weighted by Crippen LogP contribution is -2.19. The predicted octanol–water partition coefficient (Wildman–Crippen LogP) is 3.51. The van der Waals surface area contributed by atoms with Crippen molar-refractivity contribution in [1.82, 2.24) is 5.43 Å². The fourth-order valence-electron chi connectivity index (χ4n) is 2.04. The number of ether oxygens (including phenoxy) is 2. The molecule has 0 saturated carbocycles. The van der Waals surface area contributed by atoms with Crippen LogP contribution in [0.2, 0.25) is 5.02 Å². The third kappa shape index (κ3) is 5.87. The Balaban J connectivity index is 2.02. The minimum absolute atomic E-state index is 0.0670. The lowest BCUT2D eigenvalue weighted by Gasteiger charge is -2.08. The Bertz CT molecular complexity index is 858. The summed E-state index contributed by atoms with van der Waals surface area (Å²) in [5.41, 5.74) is 2.47. The third-order valence-electron chi connectivity index (χ3n) is 3.30. The van der Waals surface area contributed by atoms with Gasteiger partial charge in [-0.25, -0.2) is 5.43 Å². The minimum Gasteiger partial charge on any atom is -0.496 e. The zero-order valence-electron chi connectivity index (χ0n) is 14.5. The van der Waals surface area contributed by atoms with Crippen LogP contribution in [-0.4, -0.2) is 37.0 Å². The summed E-state index contributed by atoms with van der Waals surface area (Å²) in [6, 6.07) is 9.74. The van der Waals surface area contributed by atoms with Gasteiger partial charge in [-0.3, -0.25) is 14.9 Å². The van der Waals surface area contributed by atoms with E-state index in [1.165, 1.54) is 44.3 Å². The zero-order valence-corrected chi connectivity index (χ0v) is 16.0. The molecule has 8 nitrogen and oxygen atoms in total. The Hall–Kier alpha value is -2.78. The molecule has 10 heteroatoms. The summed E-state index contributed by atoms with van der Waals surface area (Å²) in [6.07, 6.45) is 1.27. The Kier molecular flexibility index (Phi) is 7.44. The molecule has 1 N–H and O–H groups in total. The molecule has 0 radical (unpaired) electrons. The molecule has 0 aromatic heterocycles. The Morgan fingerprint density at radius 1 is 1.26 bits per heavy atom. The van der Waals surface area contributed by atoms with Crippen molar-refractivity contribution in [1.29, 1.82) is 0 Å². The maximum atomic E-state index is 11.9. The van der Waals surface area contributed by atoms with E-state index in [9.17, 15) is 14.9 Å². The number of nitro groups is 1. The topological polar surface area (TPSA) is 103 Å². The zero-order chi connectivity index (χ0) is 19.8. The number of rotatable bonds is 8. The SMILES string of the molecule is COc1cc(OC)c([N+](=O)[O-])cc1/C=N\NC(=O)CSc1ccc(Cl)cc1. The first-order valence-corrected chi connectivity index (χ1v) is 8.91. The molecule has 2 aromatic carbocycles. The van der Waals surface area contributed by atoms with Gasteiger partial charge in [0.05, 0.1) is 31.1 Å². The van der Waals surface area contributed by atoms with Gasteiger partial charge < -0.3 is 9.47 Å². The number of hydrogen-bond acceptors (Lipinski definition) is 7. The number of amides is 1. The monoisotopic (exact) mass is 409 g/mol. The molecule has 2 aromatic rings. The van der Waals surface area contributed by atoms with Gasteiger partial charge in [0.15, 0.2) is 0 Å². The molecule has 0 aliphatic heterocycles. The first-order valence-electron chi connectivity index (χ1n) is 7.55. The van der Waals surface area contributed by atoms with Crippen LogP contribution in [0.15, 0.2) is 46.4 Å². The van der Waals surface area contributed by atoms with E-state index in [0.29, 0.717) is 16.3 Å². The molecule has 142 valence electrons. The summed E-state index contributed by atoms with van der Waals surface area (Å²) < 4.78 is 10.2. The Morgan fingerprint density at radius 2 is 1.93 bits per heavy atom. The molecule has 0 aliphatic carbocycles. The van der Waals surface area contributed by atoms with Crippen molar-refractivity contribution in [2.24, 2.45) is 5.10 Å². The predicted molar refractivity (Wildman–Crippen MR) is 104 cm³/mol. The van der Waals surface area contributed by atoms with Crippen LogP contribution >= 0.6 is 23.4 Å². The maximum Gasteiger partial charge on any atom is 0.311 e. The molecule has 1 amide bonds. The molecule has 0 unspecified atom stereocenters. The van der Waals surface area contributed by atoms with Gasteiger partial charge in [0.1, 0.15) is 5.75 Å². The highest BCUT2D eigenvalue weighted by Gasteiger charge is 2.18. The number of nitrogens with zero attached hydrogens (tertiary/aromatic N) is 2. The van der Waals surface area contributed by atoms with Crippen LogP contribution in [-0.2, 0) is 4.79 Å². The molecule has 0 bridgehead atoms. The lowest BCUT2D eigenvalue weighted by molar-refractivity contribution is -0.385. The van der Waals surface area contributed by atoms with Crippen LogP contribution < -0.4 is 14.9 Å². The van der Waals surface area contributed by atoms with Crippen molar-refractivity contribution in [3.05, 3.63) is 57.1 Å². The van der Waals surface area contributed by atoms with E-state index in [1.54, 1.807) is 12.1 Å². The van der Waals surface area contributed by atoms with E-state index in [2.05, 4.69) is 10.5 Å². The molecular weight excluding hydrogens is 394 g/mol. The first-order chi connectivity index (χ1) is 12.9. The van der Waals surface area contributed by atoms with Gasteiger partial charge in [0.25, 0.3) is 0 Å². The summed E-state index contributed by atoms with van der Waals surface area (Å²) >= 11 is 7.13. The normalized spacial score (nSPS) is 10.6. The number of thioether (sulfide) groups is 1. The van der Waals surface area contributed by atoms with Crippen molar-refractivity contribution >= 4 is 41.2 Å². The third-order valence-corrected chi connectivity index (χ3v) is 4.57. The number of nitro benzene ring substituents is 1. The number of carbonyl (C=O) groups is 1. The van der Waals surface area contributed by atoms with E-state index >= 15 is 0 Å². The summed E-state index contributed by atoms with van der Waals surface area (Å²) in [5, 5.41) is 15.6. The summed E-state index contributed by atoms with van der Waals surface area (Å²) in [4.78, 5) is 23.3. The highest BCUT2D eigenvalue weighted by Crippen LogP contribution is 2.33. The van der Waals surface area contributed by atoms with Gasteiger partial charge in [-0.05, 0) is 24.3 Å². The number of carbonyl (C=O) groups excluding carboxylic acids is 1. The van der Waals surface area contributed by atoms with Crippen LogP contribution in [0.25, 0.3) is 0 Å². The van der Waals surface area contributed by atoms with Crippen LogP contribution in [0, 0.1) is 10.1 Å². The van der Waals surface area contributed by atoms with Crippen molar-refractivity contribution in [2.45, 2.75) is 4.90 Å². The molecule has 0 saturated heterocycles. The maximum absolute atomic E-state index is 11.9. The summed E-state index contributed by atoms with van der Waals surface area (Å²) in [6.45, 7) is 0. The second-order valence-electron chi connectivity index (χ2n) is 5.06. The summed E-state index contributed by atoms with van der Waals surface area (Å²) in [5.74, 6) is 0.218. The first kappa shape index (κ1) is 20.5. The fraction of sp³-hybridized carbons (Fsp3) is 0.176. The van der Waals surface area contributed by atoms with Crippen molar-refractivity contribution in [3.8, 4) is 11.5 Å². The largest absolute Gasteiger partial charge is 0.496 e. The Morgan fingerprint density at radius 3 is 2.52 bits per heavy atom. The van der Waals surface area contributed by atoms with Crippen molar-refractivity contribution in [2.75, 3.05) is 20.0 Å². The molecule has 27 heavy (non-hydrogen) atoms. The number of methoxy groups -OCH3 is 2. The number of benzene rings is 2. The molecule has 0 spiro atoms. The van der Waals surface area contributed by atoms with Gasteiger partial charge in [0, 0.05) is 27.6 Å². The van der Waals surface area contributed by atoms with Crippen molar-refractivity contribution < 1.29 is 19.2 Å². The molecule has 0 heterocycles. The highest BCUT2D eigenvalue weighted by molar-refractivity contribution is 8.00. The molecule has 0 atom stereocenters. The smallest absolute Gasteiger partial charge is 0.311 e. The second-order valence-corrected chi connectivity index (χ2v) is 6.54. The number of hydrogen-bond donors (Lipinski definition) is 1. The highest BCUT2D eigenvalue weighted by atomic mass is 35.5. The van der Waals surface area contributed by atoms with Gasteiger partial charge in [-0.2, -0.15) is 5.10 Å².